The maximum Gasteiger partial charge on any atom is 0.256 e. The van der Waals surface area contributed by atoms with Crippen molar-refractivity contribution in [2.45, 2.75) is 52.5 Å². The standard InChI is InChI=1S/C16H22N4O/c1-4-11(3)19-16(21)13-9-18-20-14-6-5-10(2)7-12(14)8-17-15(13)20/h8-11H,4-7H2,1-3H3,(H,19,21). The molecule has 2 aromatic heterocycles. The number of rotatable bonds is 3. The van der Waals surface area contributed by atoms with Gasteiger partial charge in [-0.2, -0.15) is 5.10 Å². The zero-order valence-electron chi connectivity index (χ0n) is 12.9. The van der Waals surface area contributed by atoms with E-state index in [1.165, 1.54) is 17.7 Å². The van der Waals surface area contributed by atoms with E-state index in [0.717, 1.165) is 19.3 Å². The highest BCUT2D eigenvalue weighted by atomic mass is 16.1. The van der Waals surface area contributed by atoms with Crippen molar-refractivity contribution in [1.29, 1.82) is 0 Å². The number of hydrogen-bond donors (Lipinski definition) is 1. The molecular weight excluding hydrogens is 264 g/mol. The lowest BCUT2D eigenvalue weighted by Gasteiger charge is -2.21. The van der Waals surface area contributed by atoms with E-state index in [4.69, 9.17) is 0 Å². The summed E-state index contributed by atoms with van der Waals surface area (Å²) in [6, 6.07) is 0.158. The van der Waals surface area contributed by atoms with Crippen LogP contribution in [-0.4, -0.2) is 26.5 Å². The van der Waals surface area contributed by atoms with E-state index in [1.54, 1.807) is 6.20 Å². The van der Waals surface area contributed by atoms with Crippen LogP contribution in [0.15, 0.2) is 12.4 Å². The minimum atomic E-state index is -0.0871. The number of aromatic nitrogens is 3. The molecule has 0 saturated heterocycles. The Bertz CT molecular complexity index is 676. The number of aryl methyl sites for hydroxylation is 1. The minimum absolute atomic E-state index is 0.0871. The molecule has 0 aromatic carbocycles. The lowest BCUT2D eigenvalue weighted by molar-refractivity contribution is 0.0940. The maximum absolute atomic E-state index is 12.3. The van der Waals surface area contributed by atoms with Gasteiger partial charge in [0.2, 0.25) is 0 Å². The van der Waals surface area contributed by atoms with Gasteiger partial charge in [0, 0.05) is 17.9 Å². The van der Waals surface area contributed by atoms with Crippen molar-refractivity contribution < 1.29 is 4.79 Å². The molecule has 1 amide bonds. The summed E-state index contributed by atoms with van der Waals surface area (Å²) >= 11 is 0. The second kappa shape index (κ2) is 5.47. The topological polar surface area (TPSA) is 59.3 Å². The molecule has 0 spiro atoms. The molecule has 0 saturated carbocycles. The first-order chi connectivity index (χ1) is 10.1. The first kappa shape index (κ1) is 14.0. The minimum Gasteiger partial charge on any atom is -0.349 e. The molecule has 0 bridgehead atoms. The molecular formula is C16H22N4O. The summed E-state index contributed by atoms with van der Waals surface area (Å²) < 4.78 is 1.85. The number of amides is 1. The van der Waals surface area contributed by atoms with Crippen molar-refractivity contribution in [3.8, 4) is 0 Å². The fourth-order valence-electron chi connectivity index (χ4n) is 2.87. The van der Waals surface area contributed by atoms with E-state index in [2.05, 4.69) is 29.2 Å². The molecule has 5 heteroatoms. The summed E-state index contributed by atoms with van der Waals surface area (Å²) in [6.45, 7) is 6.32. The van der Waals surface area contributed by atoms with Gasteiger partial charge in [-0.15, -0.1) is 0 Å². The third-order valence-corrected chi connectivity index (χ3v) is 4.39. The largest absolute Gasteiger partial charge is 0.349 e. The lowest BCUT2D eigenvalue weighted by atomic mass is 9.89. The van der Waals surface area contributed by atoms with E-state index in [9.17, 15) is 4.79 Å². The van der Waals surface area contributed by atoms with Crippen molar-refractivity contribution >= 4 is 11.6 Å². The molecule has 3 rings (SSSR count). The summed E-state index contributed by atoms with van der Waals surface area (Å²) in [5.41, 5.74) is 3.71. The van der Waals surface area contributed by atoms with E-state index < -0.39 is 0 Å². The SMILES string of the molecule is CCC(C)NC(=O)c1cnn2c3c(cnc12)CC(C)CC3. The van der Waals surface area contributed by atoms with Crippen molar-refractivity contribution in [2.24, 2.45) is 5.92 Å². The van der Waals surface area contributed by atoms with Crippen LogP contribution in [0.2, 0.25) is 0 Å². The first-order valence-corrected chi connectivity index (χ1v) is 7.75. The number of nitrogens with zero attached hydrogens (tertiary/aromatic N) is 3. The fourth-order valence-corrected chi connectivity index (χ4v) is 2.87. The molecule has 1 N–H and O–H groups in total. The number of carbonyl (C=O) groups excluding carboxylic acids is 1. The van der Waals surface area contributed by atoms with Crippen LogP contribution >= 0.6 is 0 Å². The van der Waals surface area contributed by atoms with Gasteiger partial charge in [0.05, 0.1) is 6.20 Å². The van der Waals surface area contributed by atoms with Gasteiger partial charge in [0.25, 0.3) is 5.91 Å². The van der Waals surface area contributed by atoms with Gasteiger partial charge in [-0.3, -0.25) is 4.79 Å². The molecule has 0 fully saturated rings. The molecule has 5 nitrogen and oxygen atoms in total. The average molecular weight is 286 g/mol. The normalized spacial score (nSPS) is 19.3. The van der Waals surface area contributed by atoms with Crippen LogP contribution in [0.1, 0.15) is 55.2 Å². The van der Waals surface area contributed by atoms with Crippen LogP contribution in [0.3, 0.4) is 0 Å². The lowest BCUT2D eigenvalue weighted by Crippen LogP contribution is -2.32. The second-order valence-electron chi connectivity index (χ2n) is 6.15. The monoisotopic (exact) mass is 286 g/mol. The van der Waals surface area contributed by atoms with Crippen molar-refractivity contribution in [2.75, 3.05) is 0 Å². The van der Waals surface area contributed by atoms with Crippen molar-refractivity contribution in [1.82, 2.24) is 19.9 Å². The summed E-state index contributed by atoms with van der Waals surface area (Å²) in [5.74, 6) is 0.608. The van der Waals surface area contributed by atoms with E-state index in [-0.39, 0.29) is 11.9 Å². The molecule has 2 unspecified atom stereocenters. The molecule has 0 aliphatic heterocycles. The average Bonchev–Trinajstić information content (AvgIpc) is 2.90. The molecule has 0 radical (unpaired) electrons. The Balaban J connectivity index is 1.98. The summed E-state index contributed by atoms with van der Waals surface area (Å²) in [4.78, 5) is 16.8. The van der Waals surface area contributed by atoms with Crippen LogP contribution in [0, 0.1) is 5.92 Å². The van der Waals surface area contributed by atoms with Gasteiger partial charge in [-0.05, 0) is 44.1 Å². The Labute approximate surface area is 124 Å². The molecule has 112 valence electrons. The zero-order chi connectivity index (χ0) is 15.0. The second-order valence-corrected chi connectivity index (χ2v) is 6.15. The summed E-state index contributed by atoms with van der Waals surface area (Å²) in [7, 11) is 0. The molecule has 2 aromatic rings. The quantitative estimate of drug-likeness (QED) is 0.942. The van der Waals surface area contributed by atoms with Crippen LogP contribution in [0.5, 0.6) is 0 Å². The predicted molar refractivity (Wildman–Crippen MR) is 81.4 cm³/mol. The Morgan fingerprint density at radius 3 is 3.10 bits per heavy atom. The van der Waals surface area contributed by atoms with E-state index in [1.807, 2.05) is 17.6 Å². The maximum atomic E-state index is 12.3. The van der Waals surface area contributed by atoms with Crippen LogP contribution < -0.4 is 5.32 Å². The van der Waals surface area contributed by atoms with E-state index >= 15 is 0 Å². The number of fused-ring (bicyclic) bond motifs is 3. The molecule has 21 heavy (non-hydrogen) atoms. The molecule has 2 atom stereocenters. The van der Waals surface area contributed by atoms with Crippen LogP contribution in [-0.2, 0) is 12.8 Å². The Hall–Kier alpha value is -1.91. The smallest absolute Gasteiger partial charge is 0.256 e. The third kappa shape index (κ3) is 2.52. The highest BCUT2D eigenvalue weighted by Gasteiger charge is 2.22. The number of hydrogen-bond acceptors (Lipinski definition) is 3. The van der Waals surface area contributed by atoms with Gasteiger partial charge in [-0.25, -0.2) is 9.50 Å². The Kier molecular flexibility index (Phi) is 3.66. The van der Waals surface area contributed by atoms with Gasteiger partial charge in [0.1, 0.15) is 5.56 Å². The number of carbonyl (C=O) groups is 1. The highest BCUT2D eigenvalue weighted by molar-refractivity contribution is 5.99. The van der Waals surface area contributed by atoms with Gasteiger partial charge < -0.3 is 5.32 Å². The molecule has 1 aliphatic rings. The van der Waals surface area contributed by atoms with Gasteiger partial charge in [0.15, 0.2) is 5.65 Å². The first-order valence-electron chi connectivity index (χ1n) is 7.75. The van der Waals surface area contributed by atoms with Crippen LogP contribution in [0.25, 0.3) is 5.65 Å². The highest BCUT2D eigenvalue weighted by Crippen LogP contribution is 2.25. The third-order valence-electron chi connectivity index (χ3n) is 4.39. The summed E-state index contributed by atoms with van der Waals surface area (Å²) in [6.07, 6.45) is 7.68. The Morgan fingerprint density at radius 1 is 1.52 bits per heavy atom. The number of nitrogens with one attached hydrogen (secondary N) is 1. The van der Waals surface area contributed by atoms with E-state index in [0.29, 0.717) is 17.1 Å². The predicted octanol–water partition coefficient (Wildman–Crippen LogP) is 2.38. The summed E-state index contributed by atoms with van der Waals surface area (Å²) in [5, 5.41) is 7.38. The fraction of sp³-hybridized carbons (Fsp3) is 0.562. The van der Waals surface area contributed by atoms with Crippen LogP contribution in [0.4, 0.5) is 0 Å². The molecule has 2 heterocycles. The van der Waals surface area contributed by atoms with Crippen molar-refractivity contribution in [3.63, 3.8) is 0 Å². The zero-order valence-corrected chi connectivity index (χ0v) is 12.9. The van der Waals surface area contributed by atoms with Gasteiger partial charge in [-0.1, -0.05) is 13.8 Å². The Morgan fingerprint density at radius 2 is 2.33 bits per heavy atom. The van der Waals surface area contributed by atoms with Gasteiger partial charge >= 0.3 is 0 Å². The molecule has 1 aliphatic carbocycles. The van der Waals surface area contributed by atoms with Crippen molar-refractivity contribution in [3.05, 3.63) is 29.2 Å².